The number of nitrogens with two attached hydrogens (primary N) is 1. The Hall–Kier alpha value is -1.95. The number of carbonyl (C=O) groups excluding carboxylic acids is 1. The number of nitro groups is 1. The van der Waals surface area contributed by atoms with Crippen LogP contribution in [0.5, 0.6) is 0 Å². The Bertz CT molecular complexity index is 438. The van der Waals surface area contributed by atoms with Gasteiger partial charge in [0.05, 0.1) is 4.92 Å². The number of nitrogens with one attached hydrogen (secondary N) is 1. The lowest BCUT2D eigenvalue weighted by atomic mass is 10.0. The van der Waals surface area contributed by atoms with Crippen LogP contribution in [-0.2, 0) is 4.79 Å². The number of rotatable bonds is 4. The van der Waals surface area contributed by atoms with Crippen LogP contribution < -0.4 is 11.1 Å². The van der Waals surface area contributed by atoms with E-state index in [0.29, 0.717) is 5.69 Å². The lowest BCUT2D eigenvalue weighted by Gasteiger charge is -2.17. The second-order valence-corrected chi connectivity index (χ2v) is 4.52. The van der Waals surface area contributed by atoms with Gasteiger partial charge in [-0.1, -0.05) is 6.07 Å². The molecule has 6 nitrogen and oxygen atoms in total. The van der Waals surface area contributed by atoms with Gasteiger partial charge in [-0.15, -0.1) is 0 Å². The second-order valence-electron chi connectivity index (χ2n) is 4.52. The van der Waals surface area contributed by atoms with Crippen LogP contribution in [0.3, 0.4) is 0 Å². The molecule has 0 aliphatic heterocycles. The summed E-state index contributed by atoms with van der Waals surface area (Å²) in [5.74, 6) is -0.266. The van der Waals surface area contributed by atoms with E-state index in [2.05, 4.69) is 5.32 Å². The van der Waals surface area contributed by atoms with E-state index in [0.717, 1.165) is 0 Å². The molecule has 0 aliphatic rings. The first-order chi connectivity index (χ1) is 7.78. The Balaban J connectivity index is 2.72. The maximum absolute atomic E-state index is 11.5. The van der Waals surface area contributed by atoms with Crippen LogP contribution in [0.15, 0.2) is 24.3 Å². The van der Waals surface area contributed by atoms with E-state index in [1.807, 2.05) is 0 Å². The molecular weight excluding hydrogens is 222 g/mol. The van der Waals surface area contributed by atoms with Gasteiger partial charge in [-0.2, -0.15) is 0 Å². The lowest BCUT2D eigenvalue weighted by molar-refractivity contribution is -0.384. The van der Waals surface area contributed by atoms with Crippen molar-refractivity contribution >= 4 is 17.3 Å². The smallest absolute Gasteiger partial charge is 0.271 e. The summed E-state index contributed by atoms with van der Waals surface area (Å²) in [5, 5.41) is 13.1. The first-order valence-electron chi connectivity index (χ1n) is 5.11. The number of hydrogen-bond acceptors (Lipinski definition) is 4. The minimum Gasteiger partial charge on any atom is -0.326 e. The molecule has 0 bridgehead atoms. The van der Waals surface area contributed by atoms with Crippen LogP contribution in [-0.4, -0.2) is 16.4 Å². The number of hydrogen-bond donors (Lipinski definition) is 2. The zero-order chi connectivity index (χ0) is 13.1. The zero-order valence-electron chi connectivity index (χ0n) is 9.77. The van der Waals surface area contributed by atoms with Crippen LogP contribution >= 0.6 is 0 Å². The molecule has 1 aromatic rings. The lowest BCUT2D eigenvalue weighted by Crippen LogP contribution is -2.36. The molecule has 1 amide bonds. The van der Waals surface area contributed by atoms with E-state index >= 15 is 0 Å². The predicted octanol–water partition coefficient (Wildman–Crippen LogP) is 1.66. The van der Waals surface area contributed by atoms with Gasteiger partial charge in [-0.05, 0) is 19.9 Å². The third-order valence-corrected chi connectivity index (χ3v) is 1.96. The molecular formula is C11H15N3O3. The van der Waals surface area contributed by atoms with E-state index in [-0.39, 0.29) is 18.0 Å². The van der Waals surface area contributed by atoms with Crippen molar-refractivity contribution < 1.29 is 9.72 Å². The SMILES string of the molecule is CC(C)(N)CC(=O)Nc1cccc([N+](=O)[O-])c1. The fraction of sp³-hybridized carbons (Fsp3) is 0.364. The molecule has 0 heterocycles. The van der Waals surface area contributed by atoms with E-state index < -0.39 is 10.5 Å². The van der Waals surface area contributed by atoms with Gasteiger partial charge in [0.2, 0.25) is 5.91 Å². The number of anilines is 1. The van der Waals surface area contributed by atoms with Crippen LogP contribution in [0.1, 0.15) is 20.3 Å². The number of nitro benzene ring substituents is 1. The normalized spacial score (nSPS) is 11.0. The molecule has 0 radical (unpaired) electrons. The van der Waals surface area contributed by atoms with Crippen molar-refractivity contribution in [2.45, 2.75) is 25.8 Å². The van der Waals surface area contributed by atoms with Crippen LogP contribution in [0.2, 0.25) is 0 Å². The summed E-state index contributed by atoms with van der Waals surface area (Å²) in [4.78, 5) is 21.6. The fourth-order valence-corrected chi connectivity index (χ4v) is 1.32. The van der Waals surface area contributed by atoms with Gasteiger partial charge in [-0.3, -0.25) is 14.9 Å². The number of benzene rings is 1. The molecule has 0 aromatic heterocycles. The minimum atomic E-state index is -0.606. The average Bonchev–Trinajstić information content (AvgIpc) is 2.14. The van der Waals surface area contributed by atoms with Crippen LogP contribution in [0.4, 0.5) is 11.4 Å². The molecule has 0 atom stereocenters. The van der Waals surface area contributed by atoms with Gasteiger partial charge in [0.15, 0.2) is 0 Å². The third-order valence-electron chi connectivity index (χ3n) is 1.96. The van der Waals surface area contributed by atoms with Crippen molar-refractivity contribution in [2.24, 2.45) is 5.73 Å². The van der Waals surface area contributed by atoms with Crippen LogP contribution in [0.25, 0.3) is 0 Å². The highest BCUT2D eigenvalue weighted by Gasteiger charge is 2.16. The average molecular weight is 237 g/mol. The van der Waals surface area contributed by atoms with E-state index in [9.17, 15) is 14.9 Å². The number of nitrogens with zero attached hydrogens (tertiary/aromatic N) is 1. The summed E-state index contributed by atoms with van der Waals surface area (Å²) in [6.45, 7) is 3.47. The van der Waals surface area contributed by atoms with Gasteiger partial charge in [0, 0.05) is 29.8 Å². The molecule has 0 spiro atoms. The Morgan fingerprint density at radius 2 is 2.18 bits per heavy atom. The van der Waals surface area contributed by atoms with Crippen LogP contribution in [0, 0.1) is 10.1 Å². The van der Waals surface area contributed by atoms with Gasteiger partial charge < -0.3 is 11.1 Å². The molecule has 0 unspecified atom stereocenters. The molecule has 1 aromatic carbocycles. The summed E-state index contributed by atoms with van der Waals surface area (Å²) in [7, 11) is 0. The highest BCUT2D eigenvalue weighted by Crippen LogP contribution is 2.17. The topological polar surface area (TPSA) is 98.3 Å². The molecule has 1 rings (SSSR count). The number of carbonyl (C=O) groups is 1. The van der Waals surface area contributed by atoms with E-state index in [1.165, 1.54) is 18.2 Å². The van der Waals surface area contributed by atoms with Crippen molar-refractivity contribution in [2.75, 3.05) is 5.32 Å². The quantitative estimate of drug-likeness (QED) is 0.614. The van der Waals surface area contributed by atoms with Gasteiger partial charge >= 0.3 is 0 Å². The minimum absolute atomic E-state index is 0.0604. The molecule has 6 heteroatoms. The molecule has 0 fully saturated rings. The molecule has 0 saturated heterocycles. The maximum Gasteiger partial charge on any atom is 0.271 e. The zero-order valence-corrected chi connectivity index (χ0v) is 9.77. The standard InChI is InChI=1S/C11H15N3O3/c1-11(2,12)7-10(15)13-8-4-3-5-9(6-8)14(16)17/h3-6H,7,12H2,1-2H3,(H,13,15). The Kier molecular flexibility index (Phi) is 3.80. The monoisotopic (exact) mass is 237 g/mol. The molecule has 17 heavy (non-hydrogen) atoms. The van der Waals surface area contributed by atoms with Crippen molar-refractivity contribution in [1.29, 1.82) is 0 Å². The number of amides is 1. The largest absolute Gasteiger partial charge is 0.326 e. The third kappa shape index (κ3) is 4.60. The van der Waals surface area contributed by atoms with Crippen molar-refractivity contribution in [3.05, 3.63) is 34.4 Å². The van der Waals surface area contributed by atoms with Crippen molar-refractivity contribution in [3.8, 4) is 0 Å². The Labute approximate surface area is 99.0 Å². The highest BCUT2D eigenvalue weighted by atomic mass is 16.6. The first kappa shape index (κ1) is 13.1. The van der Waals surface area contributed by atoms with Crippen molar-refractivity contribution in [3.63, 3.8) is 0 Å². The summed E-state index contributed by atoms with van der Waals surface area (Å²) in [6, 6.07) is 5.78. The first-order valence-corrected chi connectivity index (χ1v) is 5.11. The highest BCUT2D eigenvalue weighted by molar-refractivity contribution is 5.91. The molecule has 3 N–H and O–H groups in total. The second kappa shape index (κ2) is 4.92. The van der Waals surface area contributed by atoms with E-state index in [1.54, 1.807) is 19.9 Å². The summed E-state index contributed by atoms with van der Waals surface area (Å²) in [6.07, 6.45) is 0.149. The maximum atomic E-state index is 11.5. The van der Waals surface area contributed by atoms with Crippen molar-refractivity contribution in [1.82, 2.24) is 0 Å². The van der Waals surface area contributed by atoms with Gasteiger partial charge in [0.25, 0.3) is 5.69 Å². The van der Waals surface area contributed by atoms with E-state index in [4.69, 9.17) is 5.73 Å². The Morgan fingerprint density at radius 3 is 2.71 bits per heavy atom. The fourth-order valence-electron chi connectivity index (χ4n) is 1.32. The number of non-ortho nitro benzene ring substituents is 1. The summed E-state index contributed by atoms with van der Waals surface area (Å²) >= 11 is 0. The Morgan fingerprint density at radius 1 is 1.53 bits per heavy atom. The molecule has 0 saturated carbocycles. The molecule has 0 aliphatic carbocycles. The van der Waals surface area contributed by atoms with Gasteiger partial charge in [-0.25, -0.2) is 0 Å². The van der Waals surface area contributed by atoms with Gasteiger partial charge in [0.1, 0.15) is 0 Å². The predicted molar refractivity (Wildman–Crippen MR) is 64.6 cm³/mol. The molecule has 92 valence electrons. The summed E-state index contributed by atoms with van der Waals surface area (Å²) < 4.78 is 0. The summed E-state index contributed by atoms with van der Waals surface area (Å²) in [5.41, 5.74) is 5.43.